The number of aromatic carboxylic acids is 1. The number of carbonyl (C=O) groups is 2. The molecule has 4 nitrogen and oxygen atoms in total. The Bertz CT molecular complexity index is 667. The minimum atomic E-state index is -1.14. The average Bonchev–Trinajstić information content (AvgIpc) is 2.41. The summed E-state index contributed by atoms with van der Waals surface area (Å²) in [6.45, 7) is 0. The second-order valence-electron chi connectivity index (χ2n) is 3.88. The minimum Gasteiger partial charge on any atom is -0.478 e. The summed E-state index contributed by atoms with van der Waals surface area (Å²) < 4.78 is 0.603. The van der Waals surface area contributed by atoms with Gasteiger partial charge in [0.1, 0.15) is 0 Å². The summed E-state index contributed by atoms with van der Waals surface area (Å²) in [4.78, 5) is 23.5. The lowest BCUT2D eigenvalue weighted by Gasteiger charge is -2.08. The Hall–Kier alpha value is -2.14. The molecule has 0 atom stereocenters. The number of carbonyl (C=O) groups excluding carboxylic acids is 1. The Morgan fingerprint density at radius 1 is 0.947 bits per heavy atom. The van der Waals surface area contributed by atoms with Gasteiger partial charge in [-0.25, -0.2) is 4.79 Å². The molecule has 0 aliphatic heterocycles. The maximum absolute atomic E-state index is 12.4. The van der Waals surface area contributed by atoms with E-state index in [1.165, 1.54) is 12.1 Å². The average molecular weight is 320 g/mol. The number of nitrogens with two attached hydrogens (primary N) is 1. The number of carboxylic acids is 1. The normalized spacial score (nSPS) is 10.2. The zero-order valence-electron chi connectivity index (χ0n) is 9.76. The molecule has 0 fully saturated rings. The largest absolute Gasteiger partial charge is 0.478 e. The first-order valence-electron chi connectivity index (χ1n) is 5.43. The third-order valence-electron chi connectivity index (χ3n) is 2.70. The molecule has 0 unspecified atom stereocenters. The number of hydrogen-bond donors (Lipinski definition) is 2. The standard InChI is InChI=1S/C14H10BrNO3/c15-11-7-3-6-10(12(11)16)13(17)8-4-1-2-5-9(8)14(18)19/h1-7H,16H2,(H,18,19). The summed E-state index contributed by atoms with van der Waals surface area (Å²) in [5, 5.41) is 9.09. The summed E-state index contributed by atoms with van der Waals surface area (Å²) in [5.41, 5.74) is 6.50. The van der Waals surface area contributed by atoms with Gasteiger partial charge in [-0.05, 0) is 34.1 Å². The Labute approximate surface area is 118 Å². The molecule has 0 amide bonds. The molecule has 2 rings (SSSR count). The lowest BCUT2D eigenvalue weighted by molar-refractivity contribution is 0.0693. The van der Waals surface area contributed by atoms with Crippen LogP contribution in [-0.2, 0) is 0 Å². The fraction of sp³-hybridized carbons (Fsp3) is 0. The van der Waals surface area contributed by atoms with Crippen LogP contribution in [0.4, 0.5) is 5.69 Å². The first kappa shape index (κ1) is 13.3. The Kier molecular flexibility index (Phi) is 3.66. The quantitative estimate of drug-likeness (QED) is 0.673. The Morgan fingerprint density at radius 2 is 1.53 bits per heavy atom. The van der Waals surface area contributed by atoms with Crippen molar-refractivity contribution >= 4 is 33.4 Å². The second-order valence-corrected chi connectivity index (χ2v) is 4.74. The SMILES string of the molecule is Nc1c(Br)cccc1C(=O)c1ccccc1C(=O)O. The zero-order chi connectivity index (χ0) is 14.0. The number of para-hydroxylation sites is 1. The van der Waals surface area contributed by atoms with Crippen LogP contribution in [0.25, 0.3) is 0 Å². The van der Waals surface area contributed by atoms with Crippen LogP contribution in [0, 0.1) is 0 Å². The van der Waals surface area contributed by atoms with E-state index >= 15 is 0 Å². The lowest BCUT2D eigenvalue weighted by atomic mass is 9.97. The molecule has 0 bridgehead atoms. The van der Waals surface area contributed by atoms with E-state index in [1.807, 2.05) is 0 Å². The van der Waals surface area contributed by atoms with Crippen molar-refractivity contribution in [2.24, 2.45) is 0 Å². The second kappa shape index (κ2) is 5.24. The highest BCUT2D eigenvalue weighted by Crippen LogP contribution is 2.26. The van der Waals surface area contributed by atoms with E-state index in [9.17, 15) is 9.59 Å². The Morgan fingerprint density at radius 3 is 2.16 bits per heavy atom. The van der Waals surface area contributed by atoms with Crippen LogP contribution in [-0.4, -0.2) is 16.9 Å². The van der Waals surface area contributed by atoms with Crippen LogP contribution in [0.1, 0.15) is 26.3 Å². The van der Waals surface area contributed by atoms with E-state index in [4.69, 9.17) is 10.8 Å². The van der Waals surface area contributed by atoms with Crippen molar-refractivity contribution in [3.05, 3.63) is 63.6 Å². The third kappa shape index (κ3) is 2.51. The highest BCUT2D eigenvalue weighted by molar-refractivity contribution is 9.10. The van der Waals surface area contributed by atoms with Gasteiger partial charge < -0.3 is 10.8 Å². The van der Waals surface area contributed by atoms with E-state index in [0.29, 0.717) is 10.2 Å². The number of halogens is 1. The van der Waals surface area contributed by atoms with E-state index in [1.54, 1.807) is 30.3 Å². The molecule has 0 saturated heterocycles. The molecule has 2 aromatic carbocycles. The molecule has 0 radical (unpaired) electrons. The van der Waals surface area contributed by atoms with Crippen molar-refractivity contribution in [1.29, 1.82) is 0 Å². The smallest absolute Gasteiger partial charge is 0.336 e. The van der Waals surface area contributed by atoms with Gasteiger partial charge >= 0.3 is 5.97 Å². The van der Waals surface area contributed by atoms with Crippen LogP contribution >= 0.6 is 15.9 Å². The lowest BCUT2D eigenvalue weighted by Crippen LogP contribution is -2.11. The van der Waals surface area contributed by atoms with E-state index in [2.05, 4.69) is 15.9 Å². The van der Waals surface area contributed by atoms with Gasteiger partial charge in [0.15, 0.2) is 5.78 Å². The van der Waals surface area contributed by atoms with Gasteiger partial charge in [0.2, 0.25) is 0 Å². The topological polar surface area (TPSA) is 80.4 Å². The molecule has 0 aliphatic rings. The summed E-state index contributed by atoms with van der Waals surface area (Å²) in [6, 6.07) is 11.0. The van der Waals surface area contributed by atoms with Crippen molar-refractivity contribution in [1.82, 2.24) is 0 Å². The molecule has 0 spiro atoms. The predicted molar refractivity (Wildman–Crippen MR) is 75.4 cm³/mol. The highest BCUT2D eigenvalue weighted by atomic mass is 79.9. The third-order valence-corrected chi connectivity index (χ3v) is 3.39. The molecule has 5 heteroatoms. The zero-order valence-corrected chi connectivity index (χ0v) is 11.3. The molecular formula is C14H10BrNO3. The molecule has 2 aromatic rings. The summed E-state index contributed by atoms with van der Waals surface area (Å²) in [7, 11) is 0. The number of ketones is 1. The summed E-state index contributed by atoms with van der Waals surface area (Å²) in [5.74, 6) is -1.55. The number of nitrogen functional groups attached to an aromatic ring is 1. The highest BCUT2D eigenvalue weighted by Gasteiger charge is 2.19. The van der Waals surface area contributed by atoms with Gasteiger partial charge in [-0.1, -0.05) is 24.3 Å². The van der Waals surface area contributed by atoms with Gasteiger partial charge in [0.25, 0.3) is 0 Å². The van der Waals surface area contributed by atoms with Gasteiger partial charge in [-0.3, -0.25) is 4.79 Å². The van der Waals surface area contributed by atoms with Gasteiger partial charge in [-0.2, -0.15) is 0 Å². The fourth-order valence-corrected chi connectivity index (χ4v) is 2.11. The van der Waals surface area contributed by atoms with Crippen molar-refractivity contribution in [3.63, 3.8) is 0 Å². The van der Waals surface area contributed by atoms with Crippen molar-refractivity contribution < 1.29 is 14.7 Å². The van der Waals surface area contributed by atoms with Crippen molar-refractivity contribution in [3.8, 4) is 0 Å². The first-order chi connectivity index (χ1) is 9.02. The monoisotopic (exact) mass is 319 g/mol. The molecule has 0 saturated carbocycles. The number of anilines is 1. The van der Waals surface area contributed by atoms with Crippen LogP contribution in [0.5, 0.6) is 0 Å². The van der Waals surface area contributed by atoms with E-state index < -0.39 is 11.8 Å². The number of rotatable bonds is 3. The van der Waals surface area contributed by atoms with Gasteiger partial charge in [0.05, 0.1) is 11.3 Å². The number of carboxylic acid groups (broad SMARTS) is 1. The molecular weight excluding hydrogens is 310 g/mol. The Balaban J connectivity index is 2.57. The molecule has 0 heterocycles. The van der Waals surface area contributed by atoms with Crippen molar-refractivity contribution in [2.75, 3.05) is 5.73 Å². The van der Waals surface area contributed by atoms with E-state index in [-0.39, 0.29) is 16.7 Å². The molecule has 96 valence electrons. The molecule has 19 heavy (non-hydrogen) atoms. The maximum Gasteiger partial charge on any atom is 0.336 e. The van der Waals surface area contributed by atoms with Gasteiger partial charge in [-0.15, -0.1) is 0 Å². The summed E-state index contributed by atoms with van der Waals surface area (Å²) >= 11 is 3.24. The van der Waals surface area contributed by atoms with Crippen LogP contribution < -0.4 is 5.73 Å². The van der Waals surface area contributed by atoms with Crippen LogP contribution in [0.3, 0.4) is 0 Å². The summed E-state index contributed by atoms with van der Waals surface area (Å²) in [6.07, 6.45) is 0. The molecule has 0 aromatic heterocycles. The maximum atomic E-state index is 12.4. The minimum absolute atomic E-state index is 0.0353. The van der Waals surface area contributed by atoms with Crippen molar-refractivity contribution in [2.45, 2.75) is 0 Å². The fourth-order valence-electron chi connectivity index (χ4n) is 1.75. The van der Waals surface area contributed by atoms with Crippen LogP contribution in [0.15, 0.2) is 46.9 Å². The number of hydrogen-bond acceptors (Lipinski definition) is 3. The first-order valence-corrected chi connectivity index (χ1v) is 6.22. The predicted octanol–water partition coefficient (Wildman–Crippen LogP) is 2.96. The number of benzene rings is 2. The molecule has 3 N–H and O–H groups in total. The van der Waals surface area contributed by atoms with E-state index in [0.717, 1.165) is 0 Å². The van der Waals surface area contributed by atoms with Crippen LogP contribution in [0.2, 0.25) is 0 Å². The molecule has 0 aliphatic carbocycles. The van der Waals surface area contributed by atoms with Gasteiger partial charge in [0, 0.05) is 15.6 Å².